The molecule has 0 bridgehead atoms. The highest BCUT2D eigenvalue weighted by molar-refractivity contribution is 5.61. The Morgan fingerprint density at radius 3 is 2.70 bits per heavy atom. The molecular weight excluding hydrogens is 259 g/mol. The van der Waals surface area contributed by atoms with Crippen molar-refractivity contribution < 1.29 is 9.31 Å². The summed E-state index contributed by atoms with van der Waals surface area (Å²) in [5.74, 6) is -0.501. The maximum Gasteiger partial charge on any atom is 0.292 e. The molecule has 0 fully saturated rings. The van der Waals surface area contributed by atoms with Crippen molar-refractivity contribution in [2.75, 3.05) is 5.32 Å². The number of nitro benzene ring substituents is 1. The number of nitrogens with zero attached hydrogens (tertiary/aromatic N) is 1. The minimum atomic E-state index is -0.523. The molecule has 104 valence electrons. The summed E-state index contributed by atoms with van der Waals surface area (Å²) < 4.78 is 13.2. The van der Waals surface area contributed by atoms with Gasteiger partial charge in [0.05, 0.1) is 4.92 Å². The predicted molar refractivity (Wildman–Crippen MR) is 76.3 cm³/mol. The summed E-state index contributed by atoms with van der Waals surface area (Å²) in [6.07, 6.45) is 0. The smallest absolute Gasteiger partial charge is 0.292 e. The molecule has 0 radical (unpaired) electrons. The maximum absolute atomic E-state index is 13.2. The van der Waals surface area contributed by atoms with Gasteiger partial charge >= 0.3 is 0 Å². The zero-order valence-electron chi connectivity index (χ0n) is 11.3. The number of benzene rings is 2. The first-order valence-corrected chi connectivity index (χ1v) is 6.22. The minimum Gasteiger partial charge on any atom is -0.375 e. The molecule has 2 aromatic carbocycles. The Kier molecular flexibility index (Phi) is 3.98. The molecule has 0 heterocycles. The van der Waals surface area contributed by atoms with E-state index in [-0.39, 0.29) is 11.4 Å². The molecule has 0 unspecified atom stereocenters. The van der Waals surface area contributed by atoms with E-state index in [1.165, 1.54) is 6.07 Å². The molecule has 2 aromatic rings. The zero-order chi connectivity index (χ0) is 14.7. The number of nitrogens with one attached hydrogen (secondary N) is 1. The van der Waals surface area contributed by atoms with E-state index >= 15 is 0 Å². The number of rotatable bonds is 4. The van der Waals surface area contributed by atoms with Gasteiger partial charge < -0.3 is 5.32 Å². The van der Waals surface area contributed by atoms with Crippen molar-refractivity contribution in [1.29, 1.82) is 0 Å². The normalized spacial score (nSPS) is 10.3. The lowest BCUT2D eigenvalue weighted by atomic mass is 10.0. The van der Waals surface area contributed by atoms with E-state index in [0.29, 0.717) is 6.54 Å². The Labute approximate surface area is 116 Å². The van der Waals surface area contributed by atoms with Gasteiger partial charge in [0.1, 0.15) is 11.5 Å². The van der Waals surface area contributed by atoms with E-state index in [1.807, 2.05) is 32.0 Å². The van der Waals surface area contributed by atoms with Crippen LogP contribution in [0.2, 0.25) is 0 Å². The van der Waals surface area contributed by atoms with E-state index < -0.39 is 10.7 Å². The van der Waals surface area contributed by atoms with Crippen LogP contribution in [0.15, 0.2) is 36.4 Å². The fourth-order valence-corrected chi connectivity index (χ4v) is 2.00. The highest BCUT2D eigenvalue weighted by Gasteiger charge is 2.14. The van der Waals surface area contributed by atoms with Gasteiger partial charge in [-0.15, -0.1) is 0 Å². The van der Waals surface area contributed by atoms with Crippen LogP contribution in [0.5, 0.6) is 0 Å². The van der Waals surface area contributed by atoms with Gasteiger partial charge in [0.25, 0.3) is 5.69 Å². The molecule has 2 rings (SSSR count). The fraction of sp³-hybridized carbons (Fsp3) is 0.200. The summed E-state index contributed by atoms with van der Waals surface area (Å²) in [6.45, 7) is 4.41. The minimum absolute atomic E-state index is 0.128. The van der Waals surface area contributed by atoms with Crippen molar-refractivity contribution in [3.05, 3.63) is 69.0 Å². The summed E-state index contributed by atoms with van der Waals surface area (Å²) in [4.78, 5) is 10.4. The second kappa shape index (κ2) is 5.69. The van der Waals surface area contributed by atoms with Crippen LogP contribution >= 0.6 is 0 Å². The molecule has 1 N–H and O–H groups in total. The van der Waals surface area contributed by atoms with Crippen molar-refractivity contribution in [3.8, 4) is 0 Å². The Hall–Kier alpha value is -2.43. The molecule has 0 spiro atoms. The number of nitro groups is 1. The van der Waals surface area contributed by atoms with Crippen molar-refractivity contribution in [3.63, 3.8) is 0 Å². The highest BCUT2D eigenvalue weighted by Crippen LogP contribution is 2.26. The zero-order valence-corrected chi connectivity index (χ0v) is 11.3. The van der Waals surface area contributed by atoms with Crippen LogP contribution in [-0.4, -0.2) is 4.92 Å². The maximum atomic E-state index is 13.2. The van der Waals surface area contributed by atoms with Gasteiger partial charge in [0, 0.05) is 18.7 Å². The third kappa shape index (κ3) is 2.93. The largest absolute Gasteiger partial charge is 0.375 e. The van der Waals surface area contributed by atoms with Crippen molar-refractivity contribution in [2.45, 2.75) is 20.4 Å². The van der Waals surface area contributed by atoms with Crippen LogP contribution in [0.1, 0.15) is 16.7 Å². The molecule has 0 amide bonds. The van der Waals surface area contributed by atoms with Crippen LogP contribution in [0, 0.1) is 29.8 Å². The van der Waals surface area contributed by atoms with E-state index in [2.05, 4.69) is 5.32 Å². The average molecular weight is 274 g/mol. The summed E-state index contributed by atoms with van der Waals surface area (Å²) in [6, 6.07) is 9.27. The molecule has 0 aliphatic rings. The van der Waals surface area contributed by atoms with Crippen LogP contribution in [0.4, 0.5) is 15.8 Å². The van der Waals surface area contributed by atoms with Crippen molar-refractivity contribution in [1.82, 2.24) is 0 Å². The van der Waals surface area contributed by atoms with Crippen LogP contribution in [-0.2, 0) is 6.54 Å². The van der Waals surface area contributed by atoms with Gasteiger partial charge in [-0.25, -0.2) is 4.39 Å². The lowest BCUT2D eigenvalue weighted by Gasteiger charge is -2.11. The SMILES string of the molecule is Cc1cccc(CNc2cc(F)ccc2[N+](=O)[O-])c1C. The van der Waals surface area contributed by atoms with Crippen molar-refractivity contribution in [2.24, 2.45) is 0 Å². The van der Waals surface area contributed by atoms with Gasteiger partial charge in [-0.1, -0.05) is 18.2 Å². The molecule has 0 atom stereocenters. The van der Waals surface area contributed by atoms with Gasteiger partial charge in [0.2, 0.25) is 0 Å². The van der Waals surface area contributed by atoms with E-state index in [4.69, 9.17) is 0 Å². The number of halogens is 1. The number of anilines is 1. The molecule has 20 heavy (non-hydrogen) atoms. The molecule has 4 nitrogen and oxygen atoms in total. The molecule has 0 saturated heterocycles. The average Bonchev–Trinajstić information content (AvgIpc) is 2.40. The molecule has 0 saturated carbocycles. The molecule has 5 heteroatoms. The summed E-state index contributed by atoms with van der Waals surface area (Å²) in [5, 5.41) is 13.8. The third-order valence-electron chi connectivity index (χ3n) is 3.34. The quantitative estimate of drug-likeness (QED) is 0.678. The fourth-order valence-electron chi connectivity index (χ4n) is 2.00. The summed E-state index contributed by atoms with van der Waals surface area (Å²) in [7, 11) is 0. The van der Waals surface area contributed by atoms with Gasteiger partial charge in [0.15, 0.2) is 0 Å². The lowest BCUT2D eigenvalue weighted by Crippen LogP contribution is -2.05. The van der Waals surface area contributed by atoms with Gasteiger partial charge in [-0.3, -0.25) is 10.1 Å². The summed E-state index contributed by atoms with van der Waals surface area (Å²) >= 11 is 0. The van der Waals surface area contributed by atoms with E-state index in [0.717, 1.165) is 28.8 Å². The summed E-state index contributed by atoms with van der Waals surface area (Å²) in [5.41, 5.74) is 3.37. The predicted octanol–water partition coefficient (Wildman–Crippen LogP) is 3.96. The van der Waals surface area contributed by atoms with Crippen LogP contribution in [0.3, 0.4) is 0 Å². The Morgan fingerprint density at radius 1 is 1.25 bits per heavy atom. The first-order chi connectivity index (χ1) is 9.49. The van der Waals surface area contributed by atoms with Crippen LogP contribution < -0.4 is 5.32 Å². The Bertz CT molecular complexity index is 656. The van der Waals surface area contributed by atoms with Crippen LogP contribution in [0.25, 0.3) is 0 Å². The standard InChI is InChI=1S/C15H15FN2O2/c1-10-4-3-5-12(11(10)2)9-17-14-8-13(16)6-7-15(14)18(19)20/h3-8,17H,9H2,1-2H3. The van der Waals surface area contributed by atoms with Gasteiger partial charge in [-0.2, -0.15) is 0 Å². The van der Waals surface area contributed by atoms with E-state index in [9.17, 15) is 14.5 Å². The Balaban J connectivity index is 2.24. The van der Waals surface area contributed by atoms with Crippen molar-refractivity contribution >= 4 is 11.4 Å². The molecular formula is C15H15FN2O2. The van der Waals surface area contributed by atoms with E-state index in [1.54, 1.807) is 0 Å². The Morgan fingerprint density at radius 2 is 2.00 bits per heavy atom. The molecule has 0 aliphatic carbocycles. The monoisotopic (exact) mass is 274 g/mol. The second-order valence-corrected chi connectivity index (χ2v) is 4.63. The topological polar surface area (TPSA) is 55.2 Å². The second-order valence-electron chi connectivity index (χ2n) is 4.63. The number of hydrogen-bond acceptors (Lipinski definition) is 3. The number of hydrogen-bond donors (Lipinski definition) is 1. The number of aryl methyl sites for hydroxylation is 1. The first-order valence-electron chi connectivity index (χ1n) is 6.22. The molecule has 0 aromatic heterocycles. The molecule has 0 aliphatic heterocycles. The van der Waals surface area contributed by atoms with Gasteiger partial charge in [-0.05, 0) is 36.6 Å². The lowest BCUT2D eigenvalue weighted by molar-refractivity contribution is -0.384. The first kappa shape index (κ1) is 14.0. The highest BCUT2D eigenvalue weighted by atomic mass is 19.1. The third-order valence-corrected chi connectivity index (χ3v) is 3.34.